The summed E-state index contributed by atoms with van der Waals surface area (Å²) < 4.78 is 5.08. The van der Waals surface area contributed by atoms with Gasteiger partial charge in [0.15, 0.2) is 0 Å². The van der Waals surface area contributed by atoms with E-state index in [1.807, 2.05) is 24.3 Å². The molecule has 34 heavy (non-hydrogen) atoms. The number of phenolic OH excluding ortho intramolecular Hbond substituents is 1. The number of anilines is 1. The monoisotopic (exact) mass is 464 g/mol. The second kappa shape index (κ2) is 11.5. The number of esters is 1. The van der Waals surface area contributed by atoms with Crippen molar-refractivity contribution in [3.63, 3.8) is 0 Å². The van der Waals surface area contributed by atoms with Crippen LogP contribution in [0.15, 0.2) is 54.6 Å². The van der Waals surface area contributed by atoms with Crippen LogP contribution in [0.2, 0.25) is 0 Å². The van der Waals surface area contributed by atoms with Gasteiger partial charge in [-0.3, -0.25) is 14.4 Å². The summed E-state index contributed by atoms with van der Waals surface area (Å²) in [7, 11) is 0. The highest BCUT2D eigenvalue weighted by Gasteiger charge is 2.51. The minimum Gasteiger partial charge on any atom is -0.507 e. The molecule has 7 nitrogen and oxygen atoms in total. The summed E-state index contributed by atoms with van der Waals surface area (Å²) in [5.74, 6) is -1.12. The van der Waals surface area contributed by atoms with Crippen molar-refractivity contribution in [3.05, 3.63) is 65.7 Å². The van der Waals surface area contributed by atoms with Crippen molar-refractivity contribution >= 4 is 29.5 Å². The Balaban J connectivity index is 1.93. The smallest absolute Gasteiger partial charge is 0.305 e. The summed E-state index contributed by atoms with van der Waals surface area (Å²) in [5, 5.41) is 12.9. The number of nitrogens with one attached hydrogen (secondary N) is 1. The van der Waals surface area contributed by atoms with Crippen molar-refractivity contribution in [1.82, 2.24) is 5.32 Å². The fraction of sp³-hybridized carbons (Fsp3) is 0.370. The average Bonchev–Trinajstić information content (AvgIpc) is 3.05. The fourth-order valence-corrected chi connectivity index (χ4v) is 4.26. The minimum atomic E-state index is -1.38. The summed E-state index contributed by atoms with van der Waals surface area (Å²) in [6, 6.07) is 14.0. The summed E-state index contributed by atoms with van der Waals surface area (Å²) >= 11 is 0. The van der Waals surface area contributed by atoms with Gasteiger partial charge in [-0.05, 0) is 38.0 Å². The second-order valence-corrected chi connectivity index (χ2v) is 8.27. The number of unbranched alkanes of at least 4 members (excludes halogenated alkanes) is 2. The number of para-hydroxylation sites is 2. The lowest BCUT2D eigenvalue weighted by molar-refractivity contribution is -0.144. The number of hydrogen-bond donors (Lipinski definition) is 2. The highest BCUT2D eigenvalue weighted by Crippen LogP contribution is 2.43. The van der Waals surface area contributed by atoms with Crippen LogP contribution in [0.1, 0.15) is 57.1 Å². The lowest BCUT2D eigenvalue weighted by Crippen LogP contribution is -2.53. The van der Waals surface area contributed by atoms with Gasteiger partial charge in [0.2, 0.25) is 5.91 Å². The normalized spacial score (nSPS) is 17.1. The van der Waals surface area contributed by atoms with Gasteiger partial charge in [0.1, 0.15) is 11.3 Å². The third-order valence-electron chi connectivity index (χ3n) is 5.95. The number of ether oxygens (including phenoxy) is 1. The maximum Gasteiger partial charge on any atom is 0.305 e. The van der Waals surface area contributed by atoms with Crippen LogP contribution in [0.3, 0.4) is 0 Å². The fourth-order valence-electron chi connectivity index (χ4n) is 4.26. The first-order chi connectivity index (χ1) is 16.4. The molecule has 2 N–H and O–H groups in total. The van der Waals surface area contributed by atoms with E-state index in [0.29, 0.717) is 17.7 Å². The first-order valence-electron chi connectivity index (χ1n) is 11.8. The average molecular weight is 465 g/mol. The minimum absolute atomic E-state index is 0.0137. The third kappa shape index (κ3) is 5.47. The summed E-state index contributed by atoms with van der Waals surface area (Å²) in [6.45, 7) is 4.61. The van der Waals surface area contributed by atoms with Gasteiger partial charge in [0, 0.05) is 35.9 Å². The molecule has 180 valence electrons. The van der Waals surface area contributed by atoms with Crippen molar-refractivity contribution in [1.29, 1.82) is 0 Å². The molecule has 1 unspecified atom stereocenters. The quantitative estimate of drug-likeness (QED) is 0.294. The van der Waals surface area contributed by atoms with Gasteiger partial charge in [0.05, 0.1) is 6.61 Å². The maximum absolute atomic E-state index is 13.8. The lowest BCUT2D eigenvalue weighted by atomic mass is 9.86. The van der Waals surface area contributed by atoms with Crippen LogP contribution in [0, 0.1) is 0 Å². The van der Waals surface area contributed by atoms with E-state index in [4.69, 9.17) is 4.74 Å². The van der Waals surface area contributed by atoms with Gasteiger partial charge in [-0.2, -0.15) is 0 Å². The number of aromatic hydroxyl groups is 1. The highest BCUT2D eigenvalue weighted by molar-refractivity contribution is 6.10. The van der Waals surface area contributed by atoms with E-state index in [1.165, 1.54) is 18.2 Å². The van der Waals surface area contributed by atoms with Crippen molar-refractivity contribution in [3.8, 4) is 5.75 Å². The third-order valence-corrected chi connectivity index (χ3v) is 5.95. The molecule has 0 saturated carbocycles. The van der Waals surface area contributed by atoms with Crippen molar-refractivity contribution in [2.24, 2.45) is 0 Å². The maximum atomic E-state index is 13.8. The Kier molecular flexibility index (Phi) is 8.46. The Morgan fingerprint density at radius 3 is 2.56 bits per heavy atom. The number of carbonyl (C=O) groups excluding carboxylic acids is 3. The molecule has 1 aliphatic rings. The van der Waals surface area contributed by atoms with Crippen molar-refractivity contribution < 1.29 is 24.2 Å². The van der Waals surface area contributed by atoms with Crippen LogP contribution >= 0.6 is 0 Å². The molecule has 7 heteroatoms. The number of fused-ring (bicyclic) bond motifs is 1. The Bertz CT molecular complexity index is 1060. The molecule has 0 radical (unpaired) electrons. The predicted octanol–water partition coefficient (Wildman–Crippen LogP) is 4.30. The van der Waals surface area contributed by atoms with E-state index in [0.717, 1.165) is 24.9 Å². The van der Waals surface area contributed by atoms with E-state index < -0.39 is 17.4 Å². The largest absolute Gasteiger partial charge is 0.507 e. The number of rotatable bonds is 11. The first kappa shape index (κ1) is 25.0. The van der Waals surface area contributed by atoms with E-state index in [1.54, 1.807) is 30.0 Å². The Hall–Kier alpha value is -3.61. The molecular formula is C27H32N2O5. The van der Waals surface area contributed by atoms with Crippen LogP contribution in [0.25, 0.3) is 6.08 Å². The molecular weight excluding hydrogens is 432 g/mol. The topological polar surface area (TPSA) is 95.9 Å². The van der Waals surface area contributed by atoms with E-state index in [2.05, 4.69) is 12.2 Å². The van der Waals surface area contributed by atoms with Crippen LogP contribution < -0.4 is 10.2 Å². The molecule has 2 amide bonds. The number of carbonyl (C=O) groups is 3. The number of nitrogens with zero attached hydrogens (tertiary/aromatic N) is 1. The Morgan fingerprint density at radius 1 is 1.09 bits per heavy atom. The predicted molar refractivity (Wildman–Crippen MR) is 131 cm³/mol. The molecule has 0 bridgehead atoms. The van der Waals surface area contributed by atoms with E-state index >= 15 is 0 Å². The first-order valence-corrected chi connectivity index (χ1v) is 11.8. The van der Waals surface area contributed by atoms with Gasteiger partial charge < -0.3 is 20.1 Å². The molecule has 3 rings (SSSR count). The summed E-state index contributed by atoms with van der Waals surface area (Å²) in [6.07, 6.45) is 5.70. The number of benzene rings is 2. The molecule has 0 aromatic heterocycles. The second-order valence-electron chi connectivity index (χ2n) is 8.27. The van der Waals surface area contributed by atoms with Gasteiger partial charge >= 0.3 is 5.97 Å². The Labute approximate surface area is 200 Å². The molecule has 1 heterocycles. The zero-order valence-electron chi connectivity index (χ0n) is 19.8. The lowest BCUT2D eigenvalue weighted by Gasteiger charge is -2.29. The molecule has 0 fully saturated rings. The molecule has 0 aliphatic carbocycles. The van der Waals surface area contributed by atoms with Gasteiger partial charge in [-0.15, -0.1) is 0 Å². The standard InChI is InChI=1S/C27H32N2O5/c1-3-5-10-19-29-22-13-8-7-12-21(22)27(26(29)33,18-17-25(32)34-4-2)28-24(31)16-15-20-11-6-9-14-23(20)30/h6-9,11-16,30H,3-5,10,17-19H2,1-2H3,(H,28,31)/b16-15+. The molecule has 2 aromatic rings. The number of phenols is 1. The number of amides is 2. The summed E-state index contributed by atoms with van der Waals surface area (Å²) in [4.78, 5) is 40.7. The van der Waals surface area contributed by atoms with Crippen LogP contribution in [0.4, 0.5) is 5.69 Å². The van der Waals surface area contributed by atoms with Crippen molar-refractivity contribution in [2.45, 2.75) is 51.5 Å². The van der Waals surface area contributed by atoms with Crippen LogP contribution in [-0.2, 0) is 24.7 Å². The van der Waals surface area contributed by atoms with Crippen LogP contribution in [0.5, 0.6) is 5.75 Å². The van der Waals surface area contributed by atoms with Crippen molar-refractivity contribution in [2.75, 3.05) is 18.1 Å². The number of hydrogen-bond acceptors (Lipinski definition) is 5. The zero-order valence-corrected chi connectivity index (χ0v) is 19.8. The molecule has 1 atom stereocenters. The van der Waals surface area contributed by atoms with Gasteiger partial charge in [0.25, 0.3) is 5.91 Å². The SMILES string of the molecule is CCCCCN1C(=O)C(CCC(=O)OCC)(NC(=O)/C=C/c2ccccc2O)c2ccccc21. The molecule has 1 aliphatic heterocycles. The molecule has 0 saturated heterocycles. The van der Waals surface area contributed by atoms with Gasteiger partial charge in [-0.25, -0.2) is 0 Å². The molecule has 2 aromatic carbocycles. The zero-order chi connectivity index (χ0) is 24.6. The van der Waals surface area contributed by atoms with Gasteiger partial charge in [-0.1, -0.05) is 56.2 Å². The van der Waals surface area contributed by atoms with Crippen LogP contribution in [-0.4, -0.2) is 36.0 Å². The highest BCUT2D eigenvalue weighted by atomic mass is 16.5. The van der Waals surface area contributed by atoms with E-state index in [9.17, 15) is 19.5 Å². The Morgan fingerprint density at radius 2 is 1.82 bits per heavy atom. The van der Waals surface area contributed by atoms with E-state index in [-0.39, 0.29) is 31.1 Å². The summed E-state index contributed by atoms with van der Waals surface area (Å²) in [5.41, 5.74) is 0.524. The molecule has 0 spiro atoms.